The van der Waals surface area contributed by atoms with Gasteiger partial charge in [-0.3, -0.25) is 4.79 Å². The van der Waals surface area contributed by atoms with Crippen LogP contribution >= 0.6 is 0 Å². The van der Waals surface area contributed by atoms with Gasteiger partial charge in [-0.25, -0.2) is 0 Å². The second-order valence-corrected chi connectivity index (χ2v) is 6.12. The molecule has 2 fully saturated rings. The Morgan fingerprint density at radius 3 is 2.44 bits per heavy atom. The van der Waals surface area contributed by atoms with Crippen molar-refractivity contribution in [2.45, 2.75) is 51.9 Å². The molecule has 2 aliphatic rings. The van der Waals surface area contributed by atoms with E-state index in [-0.39, 0.29) is 5.41 Å². The maximum atomic E-state index is 12.6. The van der Waals surface area contributed by atoms with Crippen LogP contribution in [0, 0.1) is 11.3 Å². The van der Waals surface area contributed by atoms with Crippen LogP contribution in [-0.4, -0.2) is 37.5 Å². The van der Waals surface area contributed by atoms with Crippen molar-refractivity contribution in [2.75, 3.05) is 26.7 Å². The van der Waals surface area contributed by atoms with Crippen molar-refractivity contribution in [1.82, 2.24) is 10.2 Å². The van der Waals surface area contributed by atoms with Gasteiger partial charge < -0.3 is 10.2 Å². The lowest BCUT2D eigenvalue weighted by atomic mass is 9.66. The van der Waals surface area contributed by atoms with E-state index in [0.717, 1.165) is 44.8 Å². The Morgan fingerprint density at radius 1 is 1.33 bits per heavy atom. The highest BCUT2D eigenvalue weighted by atomic mass is 16.2. The predicted molar refractivity (Wildman–Crippen MR) is 74.4 cm³/mol. The fourth-order valence-electron chi connectivity index (χ4n) is 3.43. The first-order chi connectivity index (χ1) is 8.72. The third-order valence-electron chi connectivity index (χ3n) is 5.15. The van der Waals surface area contributed by atoms with Gasteiger partial charge in [0.05, 0.1) is 0 Å². The molecule has 18 heavy (non-hydrogen) atoms. The standard InChI is InChI=1S/C15H28N2O/c1-3-15(8-4-9-15)14(18)17-11-6-13(7-12-17)5-10-16-2/h13,16H,3-12H2,1-2H3. The monoisotopic (exact) mass is 252 g/mol. The zero-order valence-corrected chi connectivity index (χ0v) is 12.0. The molecular formula is C15H28N2O. The molecule has 2 rings (SSSR count). The Balaban J connectivity index is 1.80. The van der Waals surface area contributed by atoms with E-state index in [1.165, 1.54) is 25.7 Å². The Kier molecular flexibility index (Phi) is 4.66. The van der Waals surface area contributed by atoms with E-state index in [2.05, 4.69) is 17.1 Å². The van der Waals surface area contributed by atoms with Crippen molar-refractivity contribution < 1.29 is 4.79 Å². The number of hydrogen-bond donors (Lipinski definition) is 1. The largest absolute Gasteiger partial charge is 0.342 e. The first-order valence-corrected chi connectivity index (χ1v) is 7.66. The maximum absolute atomic E-state index is 12.6. The Labute approximate surface area is 111 Å². The summed E-state index contributed by atoms with van der Waals surface area (Å²) in [5.41, 5.74) is 0.0395. The molecule has 1 amide bonds. The minimum Gasteiger partial charge on any atom is -0.342 e. The van der Waals surface area contributed by atoms with Gasteiger partial charge in [0.25, 0.3) is 0 Å². The first kappa shape index (κ1) is 13.9. The maximum Gasteiger partial charge on any atom is 0.228 e. The zero-order chi connectivity index (χ0) is 13.0. The summed E-state index contributed by atoms with van der Waals surface area (Å²) in [7, 11) is 2.01. The molecule has 0 aromatic heterocycles. The summed E-state index contributed by atoms with van der Waals surface area (Å²) in [6, 6.07) is 0. The van der Waals surface area contributed by atoms with E-state index >= 15 is 0 Å². The topological polar surface area (TPSA) is 32.3 Å². The molecule has 0 aromatic rings. The summed E-state index contributed by atoms with van der Waals surface area (Å²) in [6.07, 6.45) is 8.20. The van der Waals surface area contributed by atoms with Gasteiger partial charge in [0.15, 0.2) is 0 Å². The van der Waals surface area contributed by atoms with E-state index in [1.807, 2.05) is 7.05 Å². The average molecular weight is 252 g/mol. The average Bonchev–Trinajstić information content (AvgIpc) is 2.36. The highest BCUT2D eigenvalue weighted by molar-refractivity contribution is 5.83. The molecule has 0 aromatic carbocycles. The number of rotatable bonds is 5. The number of nitrogens with one attached hydrogen (secondary N) is 1. The van der Waals surface area contributed by atoms with E-state index in [4.69, 9.17) is 0 Å². The van der Waals surface area contributed by atoms with Gasteiger partial charge in [-0.15, -0.1) is 0 Å². The van der Waals surface area contributed by atoms with E-state index in [9.17, 15) is 4.79 Å². The van der Waals surface area contributed by atoms with Gasteiger partial charge in [-0.2, -0.15) is 0 Å². The molecule has 104 valence electrons. The number of amides is 1. The molecule has 1 saturated heterocycles. The van der Waals surface area contributed by atoms with Gasteiger partial charge in [-0.1, -0.05) is 13.3 Å². The van der Waals surface area contributed by atoms with Crippen LogP contribution in [0.25, 0.3) is 0 Å². The van der Waals surface area contributed by atoms with Crippen LogP contribution in [0.3, 0.4) is 0 Å². The molecule has 1 aliphatic heterocycles. The molecule has 1 saturated carbocycles. The summed E-state index contributed by atoms with van der Waals surface area (Å²) in [5, 5.41) is 3.22. The number of nitrogens with zero attached hydrogens (tertiary/aromatic N) is 1. The molecule has 3 heteroatoms. The molecule has 1 aliphatic carbocycles. The molecule has 3 nitrogen and oxygen atoms in total. The van der Waals surface area contributed by atoms with Gasteiger partial charge in [0.1, 0.15) is 0 Å². The fraction of sp³-hybridized carbons (Fsp3) is 0.933. The highest BCUT2D eigenvalue weighted by Crippen LogP contribution is 2.45. The minimum absolute atomic E-state index is 0.0395. The van der Waals surface area contributed by atoms with Gasteiger partial charge in [0, 0.05) is 18.5 Å². The lowest BCUT2D eigenvalue weighted by Gasteiger charge is -2.45. The Hall–Kier alpha value is -0.570. The van der Waals surface area contributed by atoms with Crippen LogP contribution in [0.4, 0.5) is 0 Å². The van der Waals surface area contributed by atoms with Crippen LogP contribution < -0.4 is 5.32 Å². The second-order valence-electron chi connectivity index (χ2n) is 6.12. The molecule has 0 unspecified atom stereocenters. The SMILES string of the molecule is CCC1(C(=O)N2CCC(CCNC)CC2)CCC1. The number of hydrogen-bond acceptors (Lipinski definition) is 2. The fourth-order valence-corrected chi connectivity index (χ4v) is 3.43. The zero-order valence-electron chi connectivity index (χ0n) is 12.0. The summed E-state index contributed by atoms with van der Waals surface area (Å²) in [5.74, 6) is 1.28. The number of carbonyl (C=O) groups is 1. The normalized spacial score (nSPS) is 23.8. The van der Waals surface area contributed by atoms with E-state index < -0.39 is 0 Å². The third-order valence-corrected chi connectivity index (χ3v) is 5.15. The van der Waals surface area contributed by atoms with Crippen molar-refractivity contribution in [3.05, 3.63) is 0 Å². The number of piperidine rings is 1. The smallest absolute Gasteiger partial charge is 0.228 e. The van der Waals surface area contributed by atoms with Gasteiger partial charge in [0.2, 0.25) is 5.91 Å². The second kappa shape index (κ2) is 6.05. The molecule has 0 bridgehead atoms. The van der Waals surface area contributed by atoms with Crippen LogP contribution in [-0.2, 0) is 4.79 Å². The Morgan fingerprint density at radius 2 is 2.00 bits per heavy atom. The first-order valence-electron chi connectivity index (χ1n) is 7.66. The van der Waals surface area contributed by atoms with Crippen molar-refractivity contribution >= 4 is 5.91 Å². The number of carbonyl (C=O) groups excluding carboxylic acids is 1. The summed E-state index contributed by atoms with van der Waals surface area (Å²) in [6.45, 7) is 5.28. The molecule has 1 N–H and O–H groups in total. The van der Waals surface area contributed by atoms with Crippen molar-refractivity contribution in [3.8, 4) is 0 Å². The van der Waals surface area contributed by atoms with Crippen molar-refractivity contribution in [1.29, 1.82) is 0 Å². The van der Waals surface area contributed by atoms with Gasteiger partial charge >= 0.3 is 0 Å². The molecule has 0 radical (unpaired) electrons. The van der Waals surface area contributed by atoms with Crippen molar-refractivity contribution in [3.63, 3.8) is 0 Å². The molecule has 1 heterocycles. The summed E-state index contributed by atoms with van der Waals surface area (Å²) >= 11 is 0. The molecular weight excluding hydrogens is 224 g/mol. The summed E-state index contributed by atoms with van der Waals surface area (Å²) in [4.78, 5) is 14.7. The van der Waals surface area contributed by atoms with Crippen LogP contribution in [0.5, 0.6) is 0 Å². The lowest BCUT2D eigenvalue weighted by Crippen LogP contribution is -2.50. The van der Waals surface area contributed by atoms with Crippen LogP contribution in [0.1, 0.15) is 51.9 Å². The predicted octanol–water partition coefficient (Wildman–Crippen LogP) is 2.41. The highest BCUT2D eigenvalue weighted by Gasteiger charge is 2.44. The van der Waals surface area contributed by atoms with Gasteiger partial charge in [-0.05, 0) is 58.0 Å². The van der Waals surface area contributed by atoms with Crippen LogP contribution in [0.2, 0.25) is 0 Å². The van der Waals surface area contributed by atoms with Crippen LogP contribution in [0.15, 0.2) is 0 Å². The Bertz CT molecular complexity index is 273. The molecule has 0 atom stereocenters. The third kappa shape index (κ3) is 2.71. The summed E-state index contributed by atoms with van der Waals surface area (Å²) < 4.78 is 0. The molecule has 0 spiro atoms. The number of likely N-dealkylation sites (tertiary alicyclic amines) is 1. The van der Waals surface area contributed by atoms with E-state index in [1.54, 1.807) is 0 Å². The quantitative estimate of drug-likeness (QED) is 0.815. The van der Waals surface area contributed by atoms with E-state index in [0.29, 0.717) is 5.91 Å². The lowest BCUT2D eigenvalue weighted by molar-refractivity contribution is -0.149. The van der Waals surface area contributed by atoms with Crippen molar-refractivity contribution in [2.24, 2.45) is 11.3 Å². The minimum atomic E-state index is 0.0395.